The molecule has 1 heterocycles. The summed E-state index contributed by atoms with van der Waals surface area (Å²) < 4.78 is 33.0. The van der Waals surface area contributed by atoms with Crippen LogP contribution < -0.4 is 4.57 Å². The summed E-state index contributed by atoms with van der Waals surface area (Å²) in [6.45, 7) is 11.6. The average Bonchev–Trinajstić information content (AvgIpc) is 2.51. The fraction of sp³-hybridized carbons (Fsp3) is 0.632. The Morgan fingerprint density at radius 2 is 2.00 bits per heavy atom. The van der Waals surface area contributed by atoms with Crippen LogP contribution in [0.15, 0.2) is 36.0 Å². The van der Waals surface area contributed by atoms with E-state index in [1.54, 1.807) is 0 Å². The van der Waals surface area contributed by atoms with E-state index in [9.17, 15) is 8.42 Å². The van der Waals surface area contributed by atoms with Crippen molar-refractivity contribution in [3.8, 4) is 0 Å². The molecule has 0 saturated heterocycles. The van der Waals surface area contributed by atoms with E-state index >= 15 is 0 Å². The molecule has 0 bridgehead atoms. The average molecular weight is 355 g/mol. The third kappa shape index (κ3) is 6.36. The number of rotatable bonds is 9. The van der Waals surface area contributed by atoms with E-state index in [4.69, 9.17) is 4.55 Å². The smallest absolute Gasteiger partial charge is 0.265 e. The highest BCUT2D eigenvalue weighted by Gasteiger charge is 2.33. The largest absolute Gasteiger partial charge is 0.286 e. The minimum Gasteiger partial charge on any atom is -0.286 e. The van der Waals surface area contributed by atoms with E-state index in [0.717, 1.165) is 12.8 Å². The zero-order valence-corrected chi connectivity index (χ0v) is 16.4. The monoisotopic (exact) mass is 354 g/mol. The van der Waals surface area contributed by atoms with Gasteiger partial charge in [0.2, 0.25) is 0 Å². The van der Waals surface area contributed by atoms with Gasteiger partial charge in [-0.2, -0.15) is 8.42 Å². The second-order valence-electron chi connectivity index (χ2n) is 7.14. The van der Waals surface area contributed by atoms with Gasteiger partial charge in [0.15, 0.2) is 11.9 Å². The van der Waals surface area contributed by atoms with Crippen LogP contribution in [-0.4, -0.2) is 18.7 Å². The molecule has 0 saturated carbocycles. The van der Waals surface area contributed by atoms with E-state index in [0.29, 0.717) is 13.0 Å². The summed E-state index contributed by atoms with van der Waals surface area (Å²) in [5.74, 6) is 0.0504. The summed E-state index contributed by atoms with van der Waals surface area (Å²) in [5, 5.41) is 0. The Morgan fingerprint density at radius 1 is 1.33 bits per heavy atom. The first-order valence-electron chi connectivity index (χ1n) is 8.71. The maximum Gasteiger partial charge on any atom is 0.265 e. The van der Waals surface area contributed by atoms with Gasteiger partial charge in [-0.05, 0) is 25.2 Å². The fourth-order valence-corrected chi connectivity index (χ4v) is 3.22. The fourth-order valence-electron chi connectivity index (χ4n) is 2.73. The lowest BCUT2D eigenvalue weighted by Crippen LogP contribution is -2.42. The van der Waals surface area contributed by atoms with E-state index in [-0.39, 0.29) is 17.1 Å². The van der Waals surface area contributed by atoms with Gasteiger partial charge in [-0.3, -0.25) is 4.55 Å². The van der Waals surface area contributed by atoms with Gasteiger partial charge in [-0.1, -0.05) is 45.4 Å². The molecule has 4 nitrogen and oxygen atoms in total. The molecular formula is C19H32NO3S+. The molecule has 1 aromatic heterocycles. The van der Waals surface area contributed by atoms with Crippen molar-refractivity contribution in [3.05, 3.63) is 41.7 Å². The van der Waals surface area contributed by atoms with Crippen molar-refractivity contribution >= 4 is 10.1 Å². The molecule has 0 aliphatic rings. The van der Waals surface area contributed by atoms with Crippen molar-refractivity contribution in [2.75, 3.05) is 5.75 Å². The lowest BCUT2D eigenvalue weighted by Gasteiger charge is -2.30. The van der Waals surface area contributed by atoms with Crippen molar-refractivity contribution in [1.82, 2.24) is 0 Å². The molecule has 5 heteroatoms. The van der Waals surface area contributed by atoms with E-state index in [1.807, 2.05) is 18.3 Å². The minimum absolute atomic E-state index is 0.0998. The Morgan fingerprint density at radius 3 is 2.54 bits per heavy atom. The number of pyridine rings is 1. The molecule has 0 aliphatic heterocycles. The summed E-state index contributed by atoms with van der Waals surface area (Å²) >= 11 is 0. The van der Waals surface area contributed by atoms with E-state index < -0.39 is 10.1 Å². The molecule has 0 aliphatic carbocycles. The van der Waals surface area contributed by atoms with Gasteiger partial charge >= 0.3 is 0 Å². The topological polar surface area (TPSA) is 58.2 Å². The van der Waals surface area contributed by atoms with Gasteiger partial charge in [-0.25, -0.2) is 4.57 Å². The molecule has 0 radical (unpaired) electrons. The van der Waals surface area contributed by atoms with Crippen LogP contribution in [0.5, 0.6) is 0 Å². The van der Waals surface area contributed by atoms with Crippen LogP contribution in [0.1, 0.15) is 65.5 Å². The molecule has 0 aromatic carbocycles. The van der Waals surface area contributed by atoms with Crippen LogP contribution in [0.3, 0.4) is 0 Å². The van der Waals surface area contributed by atoms with Gasteiger partial charge in [0.1, 0.15) is 6.54 Å². The zero-order valence-electron chi connectivity index (χ0n) is 15.6. The molecule has 1 aromatic rings. The highest BCUT2D eigenvalue weighted by atomic mass is 32.2. The minimum atomic E-state index is -3.91. The van der Waals surface area contributed by atoms with Crippen molar-refractivity contribution in [1.29, 1.82) is 0 Å². The quantitative estimate of drug-likeness (QED) is 0.412. The third-order valence-electron chi connectivity index (χ3n) is 4.86. The summed E-state index contributed by atoms with van der Waals surface area (Å²) in [6.07, 6.45) is 6.80. The molecule has 1 atom stereocenters. The van der Waals surface area contributed by atoms with E-state index in [2.05, 4.69) is 51.3 Å². The lowest BCUT2D eigenvalue weighted by molar-refractivity contribution is -0.705. The molecular weight excluding hydrogens is 322 g/mol. The Labute approximate surface area is 147 Å². The summed E-state index contributed by atoms with van der Waals surface area (Å²) in [5.41, 5.74) is 2.64. The molecule has 1 N–H and O–H groups in total. The SMILES string of the molecule is CC/C(C)=C\C(c1cccc[n+]1CCCS(=O)(=O)O)C(C)(C)CC. The van der Waals surface area contributed by atoms with E-state index in [1.165, 1.54) is 11.3 Å². The summed E-state index contributed by atoms with van der Waals surface area (Å²) in [6, 6.07) is 6.11. The normalized spacial score (nSPS) is 14.7. The zero-order chi connectivity index (χ0) is 18.4. The number of aromatic nitrogens is 1. The number of allylic oxidation sites excluding steroid dienone is 2. The van der Waals surface area contributed by atoms with Crippen molar-refractivity contribution in [2.24, 2.45) is 5.41 Å². The van der Waals surface area contributed by atoms with Crippen molar-refractivity contribution in [2.45, 2.75) is 66.3 Å². The van der Waals surface area contributed by atoms with Crippen LogP contribution in [0, 0.1) is 5.41 Å². The number of aryl methyl sites for hydroxylation is 1. The molecule has 1 rings (SSSR count). The number of hydrogen-bond acceptors (Lipinski definition) is 2. The Balaban J connectivity index is 3.19. The molecule has 0 spiro atoms. The third-order valence-corrected chi connectivity index (χ3v) is 5.66. The first-order chi connectivity index (χ1) is 11.1. The lowest BCUT2D eigenvalue weighted by atomic mass is 9.73. The Kier molecular flexibility index (Phi) is 7.61. The molecule has 1 unspecified atom stereocenters. The Hall–Kier alpha value is -1.20. The highest BCUT2D eigenvalue weighted by molar-refractivity contribution is 7.85. The summed E-state index contributed by atoms with van der Waals surface area (Å²) in [7, 11) is -3.91. The maximum absolute atomic E-state index is 11.0. The first kappa shape index (κ1) is 20.8. The maximum atomic E-state index is 11.0. The van der Waals surface area contributed by atoms with Gasteiger partial charge < -0.3 is 0 Å². The van der Waals surface area contributed by atoms with Gasteiger partial charge in [-0.15, -0.1) is 0 Å². The molecule has 136 valence electrons. The van der Waals surface area contributed by atoms with Crippen LogP contribution >= 0.6 is 0 Å². The van der Waals surface area contributed by atoms with Crippen LogP contribution in [0.2, 0.25) is 0 Å². The predicted octanol–water partition coefficient (Wildman–Crippen LogP) is 4.13. The van der Waals surface area contributed by atoms with Gasteiger partial charge in [0.25, 0.3) is 10.1 Å². The second kappa shape index (κ2) is 8.77. The highest BCUT2D eigenvalue weighted by Crippen LogP contribution is 2.39. The molecule has 24 heavy (non-hydrogen) atoms. The van der Waals surface area contributed by atoms with Crippen LogP contribution in [0.4, 0.5) is 0 Å². The van der Waals surface area contributed by atoms with Crippen molar-refractivity contribution in [3.63, 3.8) is 0 Å². The summed E-state index contributed by atoms with van der Waals surface area (Å²) in [4.78, 5) is 0. The van der Waals surface area contributed by atoms with Crippen LogP contribution in [-0.2, 0) is 16.7 Å². The first-order valence-corrected chi connectivity index (χ1v) is 10.3. The van der Waals surface area contributed by atoms with Gasteiger partial charge in [0, 0.05) is 18.6 Å². The number of hydrogen-bond donors (Lipinski definition) is 1. The predicted molar refractivity (Wildman–Crippen MR) is 98.5 cm³/mol. The number of nitrogens with zero attached hydrogens (tertiary/aromatic N) is 1. The van der Waals surface area contributed by atoms with Gasteiger partial charge in [0.05, 0.1) is 11.7 Å². The molecule has 0 fully saturated rings. The van der Waals surface area contributed by atoms with Crippen LogP contribution in [0.25, 0.3) is 0 Å². The second-order valence-corrected chi connectivity index (χ2v) is 8.72. The standard InChI is InChI=1S/C19H31NO3S/c1-6-16(3)15-17(19(4,5)7-2)18-11-8-9-12-20(18)13-10-14-24(21,22)23/h8-9,11-12,15,17H,6-7,10,13-14H2,1-5H3/p+1/b16-15-. The Bertz CT molecular complexity index is 663. The molecule has 0 amide bonds. The van der Waals surface area contributed by atoms with Crippen molar-refractivity contribution < 1.29 is 17.5 Å².